The van der Waals surface area contributed by atoms with Crippen molar-refractivity contribution in [1.29, 1.82) is 0 Å². The number of aromatic nitrogens is 2. The predicted molar refractivity (Wildman–Crippen MR) is 83.4 cm³/mol. The van der Waals surface area contributed by atoms with Gasteiger partial charge in [0.15, 0.2) is 0 Å². The molecule has 106 valence electrons. The number of nitrogens with zero attached hydrogens (tertiary/aromatic N) is 2. The second-order valence-corrected chi connectivity index (χ2v) is 7.11. The second kappa shape index (κ2) is 4.20. The maximum Gasteiger partial charge on any atom is 0.134 e. The van der Waals surface area contributed by atoms with Gasteiger partial charge in [0.05, 0.1) is 11.3 Å². The number of anilines is 1. The summed E-state index contributed by atoms with van der Waals surface area (Å²) in [5.41, 5.74) is 8.29. The van der Waals surface area contributed by atoms with E-state index < -0.39 is 0 Å². The topological polar surface area (TPSA) is 55.9 Å². The third-order valence-corrected chi connectivity index (χ3v) is 5.47. The zero-order valence-corrected chi connectivity index (χ0v) is 13.5. The van der Waals surface area contributed by atoms with Crippen molar-refractivity contribution in [2.45, 2.75) is 34.6 Å². The Labute approximate surface area is 120 Å². The highest BCUT2D eigenvalue weighted by molar-refractivity contribution is 7.80. The van der Waals surface area contributed by atoms with E-state index in [1.165, 1.54) is 0 Å². The Balaban J connectivity index is 2.16. The fraction of sp³-hybridized carbons (Fsp3) is 0.714. The van der Waals surface area contributed by atoms with Crippen molar-refractivity contribution < 1.29 is 0 Å². The number of hydrogen-bond donors (Lipinski definition) is 2. The SMILES string of the molecule is Cc1nn(C)c(NCC2C(C)(C)C2(C)C)c1C(N)=S. The number of rotatable bonds is 4. The molecule has 1 saturated carbocycles. The molecule has 5 heteroatoms. The van der Waals surface area contributed by atoms with Gasteiger partial charge in [0.1, 0.15) is 10.8 Å². The predicted octanol–water partition coefficient (Wildman–Crippen LogP) is 2.46. The quantitative estimate of drug-likeness (QED) is 0.832. The van der Waals surface area contributed by atoms with Crippen LogP contribution in [0.5, 0.6) is 0 Å². The molecule has 0 amide bonds. The van der Waals surface area contributed by atoms with Gasteiger partial charge >= 0.3 is 0 Å². The zero-order chi connectivity index (χ0) is 14.6. The molecule has 19 heavy (non-hydrogen) atoms. The molecule has 0 atom stereocenters. The Hall–Kier alpha value is -1.10. The lowest BCUT2D eigenvalue weighted by Crippen LogP contribution is -2.17. The van der Waals surface area contributed by atoms with Crippen molar-refractivity contribution in [3.05, 3.63) is 11.3 Å². The van der Waals surface area contributed by atoms with Crippen molar-refractivity contribution in [2.24, 2.45) is 29.5 Å². The van der Waals surface area contributed by atoms with Crippen LogP contribution in [0.4, 0.5) is 5.82 Å². The van der Waals surface area contributed by atoms with E-state index in [2.05, 4.69) is 38.1 Å². The van der Waals surface area contributed by atoms with Gasteiger partial charge in [-0.15, -0.1) is 0 Å². The fourth-order valence-corrected chi connectivity index (χ4v) is 3.44. The van der Waals surface area contributed by atoms with Gasteiger partial charge in [-0.3, -0.25) is 4.68 Å². The lowest BCUT2D eigenvalue weighted by atomic mass is 10.0. The van der Waals surface area contributed by atoms with E-state index in [-0.39, 0.29) is 0 Å². The van der Waals surface area contributed by atoms with Gasteiger partial charge in [0.25, 0.3) is 0 Å². The zero-order valence-electron chi connectivity index (χ0n) is 12.7. The number of nitrogens with one attached hydrogen (secondary N) is 1. The molecule has 3 N–H and O–H groups in total. The minimum Gasteiger partial charge on any atom is -0.389 e. The Bertz CT molecular complexity index is 514. The molecule has 1 heterocycles. The van der Waals surface area contributed by atoms with Crippen molar-refractivity contribution in [2.75, 3.05) is 11.9 Å². The van der Waals surface area contributed by atoms with Crippen molar-refractivity contribution in [3.8, 4) is 0 Å². The highest BCUT2D eigenvalue weighted by Crippen LogP contribution is 2.68. The summed E-state index contributed by atoms with van der Waals surface area (Å²) < 4.78 is 1.83. The molecule has 1 fully saturated rings. The van der Waals surface area contributed by atoms with E-state index in [1.807, 2.05) is 18.7 Å². The summed E-state index contributed by atoms with van der Waals surface area (Å²) in [4.78, 5) is 0.405. The largest absolute Gasteiger partial charge is 0.389 e. The number of hydrogen-bond acceptors (Lipinski definition) is 3. The monoisotopic (exact) mass is 280 g/mol. The van der Waals surface area contributed by atoms with Gasteiger partial charge in [-0.2, -0.15) is 5.10 Å². The standard InChI is InChI=1S/C14H24N4S/c1-8-10(11(15)19)12(18(6)17-8)16-7-9-13(2,3)14(9,4)5/h9,16H,7H2,1-6H3,(H2,15,19). The van der Waals surface area contributed by atoms with E-state index in [9.17, 15) is 0 Å². The lowest BCUT2D eigenvalue weighted by molar-refractivity contribution is 0.457. The van der Waals surface area contributed by atoms with Crippen LogP contribution in [0.15, 0.2) is 0 Å². The Morgan fingerprint density at radius 1 is 1.37 bits per heavy atom. The summed E-state index contributed by atoms with van der Waals surface area (Å²) >= 11 is 5.12. The number of aryl methyl sites for hydroxylation is 2. The Kier molecular flexibility index (Phi) is 3.16. The average molecular weight is 280 g/mol. The maximum absolute atomic E-state index is 5.80. The van der Waals surface area contributed by atoms with Crippen LogP contribution in [-0.4, -0.2) is 21.3 Å². The Morgan fingerprint density at radius 3 is 2.32 bits per heavy atom. The molecule has 0 aromatic carbocycles. The molecule has 1 aromatic heterocycles. The molecule has 4 nitrogen and oxygen atoms in total. The van der Waals surface area contributed by atoms with Crippen LogP contribution in [0.2, 0.25) is 0 Å². The molecule has 0 unspecified atom stereocenters. The van der Waals surface area contributed by atoms with Crippen molar-refractivity contribution >= 4 is 23.0 Å². The first-order valence-electron chi connectivity index (χ1n) is 6.68. The van der Waals surface area contributed by atoms with E-state index in [4.69, 9.17) is 18.0 Å². The molecular weight excluding hydrogens is 256 g/mol. The van der Waals surface area contributed by atoms with Gasteiger partial charge < -0.3 is 11.1 Å². The molecule has 0 spiro atoms. The van der Waals surface area contributed by atoms with Crippen molar-refractivity contribution in [1.82, 2.24) is 9.78 Å². The minimum absolute atomic E-state index is 0.372. The third-order valence-electron chi connectivity index (χ3n) is 5.26. The Morgan fingerprint density at radius 2 is 1.89 bits per heavy atom. The van der Waals surface area contributed by atoms with E-state index in [0.717, 1.165) is 23.6 Å². The highest BCUT2D eigenvalue weighted by Gasteiger charge is 2.64. The number of thiocarbonyl (C=S) groups is 1. The summed E-state index contributed by atoms with van der Waals surface area (Å²) in [5, 5.41) is 7.88. The third kappa shape index (κ3) is 2.04. The molecule has 0 radical (unpaired) electrons. The normalized spacial score (nSPS) is 20.3. The molecular formula is C14H24N4S. The lowest BCUT2D eigenvalue weighted by Gasteiger charge is -2.10. The smallest absolute Gasteiger partial charge is 0.134 e. The molecule has 2 rings (SSSR count). The minimum atomic E-state index is 0.372. The molecule has 1 aliphatic carbocycles. The molecule has 1 aromatic rings. The van der Waals surface area contributed by atoms with Crippen LogP contribution in [0, 0.1) is 23.7 Å². The first-order chi connectivity index (χ1) is 8.60. The maximum atomic E-state index is 5.80. The van der Waals surface area contributed by atoms with Gasteiger partial charge in [0, 0.05) is 13.6 Å². The highest BCUT2D eigenvalue weighted by atomic mass is 32.1. The first-order valence-corrected chi connectivity index (χ1v) is 7.08. The van der Waals surface area contributed by atoms with Gasteiger partial charge in [0.2, 0.25) is 0 Å². The van der Waals surface area contributed by atoms with Crippen LogP contribution in [0.1, 0.15) is 39.0 Å². The van der Waals surface area contributed by atoms with Crippen LogP contribution < -0.4 is 11.1 Å². The fourth-order valence-electron chi connectivity index (χ4n) is 3.20. The van der Waals surface area contributed by atoms with Crippen LogP contribution in [0.25, 0.3) is 0 Å². The van der Waals surface area contributed by atoms with Crippen LogP contribution in [-0.2, 0) is 7.05 Å². The summed E-state index contributed by atoms with van der Waals surface area (Å²) in [6.07, 6.45) is 0. The summed E-state index contributed by atoms with van der Waals surface area (Å²) in [6.45, 7) is 12.1. The van der Waals surface area contributed by atoms with Crippen LogP contribution in [0.3, 0.4) is 0 Å². The van der Waals surface area contributed by atoms with Gasteiger partial charge in [-0.1, -0.05) is 39.9 Å². The average Bonchev–Trinajstić information content (AvgIpc) is 2.49. The molecule has 0 bridgehead atoms. The van der Waals surface area contributed by atoms with Crippen LogP contribution >= 0.6 is 12.2 Å². The summed E-state index contributed by atoms with van der Waals surface area (Å²) in [7, 11) is 1.92. The summed E-state index contributed by atoms with van der Waals surface area (Å²) in [6, 6.07) is 0. The number of nitrogens with two attached hydrogens (primary N) is 1. The van der Waals surface area contributed by atoms with E-state index in [0.29, 0.717) is 21.7 Å². The summed E-state index contributed by atoms with van der Waals surface area (Å²) in [5.74, 6) is 1.58. The molecule has 1 aliphatic rings. The van der Waals surface area contributed by atoms with E-state index >= 15 is 0 Å². The van der Waals surface area contributed by atoms with Gasteiger partial charge in [-0.05, 0) is 23.7 Å². The second-order valence-electron chi connectivity index (χ2n) is 6.67. The molecule has 0 saturated heterocycles. The molecule has 0 aliphatic heterocycles. The van der Waals surface area contributed by atoms with E-state index in [1.54, 1.807) is 0 Å². The first kappa shape index (κ1) is 14.3. The van der Waals surface area contributed by atoms with Crippen molar-refractivity contribution in [3.63, 3.8) is 0 Å². The van der Waals surface area contributed by atoms with Gasteiger partial charge in [-0.25, -0.2) is 0 Å².